The summed E-state index contributed by atoms with van der Waals surface area (Å²) in [5.41, 5.74) is 0.893. The Labute approximate surface area is 93.4 Å². The number of aromatic nitrogens is 2. The minimum absolute atomic E-state index is 0.214. The summed E-state index contributed by atoms with van der Waals surface area (Å²) >= 11 is 0. The molecule has 0 aliphatic carbocycles. The summed E-state index contributed by atoms with van der Waals surface area (Å²) < 4.78 is 0. The van der Waals surface area contributed by atoms with Gasteiger partial charge in [-0.25, -0.2) is 9.97 Å². The molecule has 6 heteroatoms. The van der Waals surface area contributed by atoms with E-state index in [9.17, 15) is 9.90 Å². The van der Waals surface area contributed by atoms with Crippen molar-refractivity contribution in [2.24, 2.45) is 0 Å². The first-order valence-corrected chi connectivity index (χ1v) is 4.93. The van der Waals surface area contributed by atoms with E-state index in [-0.39, 0.29) is 12.3 Å². The fourth-order valence-corrected chi connectivity index (χ4v) is 1.14. The molecule has 6 nitrogen and oxygen atoms in total. The van der Waals surface area contributed by atoms with E-state index in [0.717, 1.165) is 0 Å². The van der Waals surface area contributed by atoms with Crippen LogP contribution in [0.25, 0.3) is 0 Å². The fraction of sp³-hybridized carbons (Fsp3) is 0.500. The molecular formula is C10H15N3O3. The molecule has 0 saturated carbocycles. The number of nitrogens with one attached hydrogen (secondary N) is 1. The van der Waals surface area contributed by atoms with Crippen LogP contribution >= 0.6 is 0 Å². The quantitative estimate of drug-likeness (QED) is 0.627. The van der Waals surface area contributed by atoms with Crippen LogP contribution < -0.4 is 5.32 Å². The molecule has 1 heterocycles. The van der Waals surface area contributed by atoms with Crippen LogP contribution in [0, 0.1) is 6.92 Å². The molecule has 0 bridgehead atoms. The minimum Gasteiger partial charge on any atom is -0.394 e. The van der Waals surface area contributed by atoms with E-state index in [0.29, 0.717) is 5.69 Å². The van der Waals surface area contributed by atoms with Crippen molar-refractivity contribution in [1.29, 1.82) is 0 Å². The summed E-state index contributed by atoms with van der Waals surface area (Å²) in [5, 5.41) is 20.7. The van der Waals surface area contributed by atoms with Crippen molar-refractivity contribution in [2.75, 3.05) is 6.61 Å². The first kappa shape index (κ1) is 12.5. The number of aryl methyl sites for hydroxylation is 1. The molecule has 1 aromatic heterocycles. The van der Waals surface area contributed by atoms with Gasteiger partial charge in [-0.3, -0.25) is 4.79 Å². The number of amides is 1. The van der Waals surface area contributed by atoms with E-state index >= 15 is 0 Å². The Hall–Kier alpha value is -1.53. The van der Waals surface area contributed by atoms with Crippen molar-refractivity contribution in [3.63, 3.8) is 0 Å². The third-order valence-electron chi connectivity index (χ3n) is 2.13. The Morgan fingerprint density at radius 1 is 1.56 bits per heavy atom. The first-order chi connectivity index (χ1) is 7.54. The SMILES string of the molecule is Cc1cc(C(=O)N[C@H](CO)[C@@H](C)O)ncn1. The molecule has 1 aromatic rings. The number of aliphatic hydroxyl groups excluding tert-OH is 2. The molecule has 0 unspecified atom stereocenters. The van der Waals surface area contributed by atoms with Gasteiger partial charge in [0, 0.05) is 5.69 Å². The molecule has 0 aliphatic heterocycles. The predicted octanol–water partition coefficient (Wildman–Crippen LogP) is -0.743. The number of hydrogen-bond acceptors (Lipinski definition) is 5. The van der Waals surface area contributed by atoms with Gasteiger partial charge in [0.1, 0.15) is 12.0 Å². The minimum atomic E-state index is -0.822. The maximum atomic E-state index is 11.6. The van der Waals surface area contributed by atoms with Crippen molar-refractivity contribution >= 4 is 5.91 Å². The van der Waals surface area contributed by atoms with Crippen molar-refractivity contribution < 1.29 is 15.0 Å². The van der Waals surface area contributed by atoms with Gasteiger partial charge in [0.15, 0.2) is 0 Å². The van der Waals surface area contributed by atoms with E-state index in [1.807, 2.05) is 0 Å². The fourth-order valence-electron chi connectivity index (χ4n) is 1.14. The highest BCUT2D eigenvalue weighted by Gasteiger charge is 2.18. The Morgan fingerprint density at radius 2 is 2.25 bits per heavy atom. The Morgan fingerprint density at radius 3 is 2.75 bits per heavy atom. The number of rotatable bonds is 4. The van der Waals surface area contributed by atoms with E-state index in [1.54, 1.807) is 6.92 Å². The average molecular weight is 225 g/mol. The monoisotopic (exact) mass is 225 g/mol. The molecule has 0 fully saturated rings. The van der Waals surface area contributed by atoms with Gasteiger partial charge in [-0.1, -0.05) is 0 Å². The highest BCUT2D eigenvalue weighted by atomic mass is 16.3. The highest BCUT2D eigenvalue weighted by molar-refractivity contribution is 5.92. The normalized spacial score (nSPS) is 14.2. The molecule has 3 N–H and O–H groups in total. The summed E-state index contributed by atoms with van der Waals surface area (Å²) in [4.78, 5) is 19.3. The van der Waals surface area contributed by atoms with Crippen LogP contribution in [0.4, 0.5) is 0 Å². The second-order valence-corrected chi connectivity index (χ2v) is 3.55. The highest BCUT2D eigenvalue weighted by Crippen LogP contribution is 1.99. The van der Waals surface area contributed by atoms with Gasteiger partial charge in [-0.15, -0.1) is 0 Å². The standard InChI is InChI=1S/C10H15N3O3/c1-6-3-8(12-5-11-6)10(16)13-9(4-14)7(2)15/h3,5,7,9,14-15H,4H2,1-2H3,(H,13,16)/t7-,9-/m1/s1. The zero-order valence-electron chi connectivity index (χ0n) is 9.21. The molecule has 0 saturated heterocycles. The van der Waals surface area contributed by atoms with E-state index in [1.165, 1.54) is 19.3 Å². The van der Waals surface area contributed by atoms with E-state index in [4.69, 9.17) is 5.11 Å². The number of hydrogen-bond donors (Lipinski definition) is 3. The third kappa shape index (κ3) is 3.25. The van der Waals surface area contributed by atoms with Gasteiger partial charge < -0.3 is 15.5 Å². The molecular weight excluding hydrogens is 210 g/mol. The molecule has 0 spiro atoms. The lowest BCUT2D eigenvalue weighted by atomic mass is 10.2. The second kappa shape index (κ2) is 5.53. The van der Waals surface area contributed by atoms with Gasteiger partial charge in [0.25, 0.3) is 5.91 Å². The summed E-state index contributed by atoms with van der Waals surface area (Å²) in [7, 11) is 0. The Kier molecular flexibility index (Phi) is 4.33. The topological polar surface area (TPSA) is 95.3 Å². The summed E-state index contributed by atoms with van der Waals surface area (Å²) in [6.07, 6.45) is 0.470. The van der Waals surface area contributed by atoms with Crippen LogP contribution in [0.15, 0.2) is 12.4 Å². The molecule has 1 rings (SSSR count). The lowest BCUT2D eigenvalue weighted by molar-refractivity contribution is 0.0754. The second-order valence-electron chi connectivity index (χ2n) is 3.55. The largest absolute Gasteiger partial charge is 0.394 e. The molecule has 16 heavy (non-hydrogen) atoms. The Bertz CT molecular complexity index is 368. The molecule has 0 aliphatic rings. The predicted molar refractivity (Wildman–Crippen MR) is 56.8 cm³/mol. The summed E-state index contributed by atoms with van der Waals surface area (Å²) in [6.45, 7) is 2.91. The van der Waals surface area contributed by atoms with Gasteiger partial charge in [-0.05, 0) is 19.9 Å². The number of carbonyl (C=O) groups is 1. The molecule has 2 atom stereocenters. The van der Waals surface area contributed by atoms with Crippen LogP contribution in [0.2, 0.25) is 0 Å². The van der Waals surface area contributed by atoms with Crippen molar-refractivity contribution in [1.82, 2.24) is 15.3 Å². The number of nitrogens with zero attached hydrogens (tertiary/aromatic N) is 2. The zero-order valence-corrected chi connectivity index (χ0v) is 9.21. The number of aliphatic hydroxyl groups is 2. The lowest BCUT2D eigenvalue weighted by Gasteiger charge is -2.18. The molecule has 0 aromatic carbocycles. The molecule has 1 amide bonds. The van der Waals surface area contributed by atoms with Crippen molar-refractivity contribution in [3.05, 3.63) is 23.8 Å². The van der Waals surface area contributed by atoms with Gasteiger partial charge in [-0.2, -0.15) is 0 Å². The van der Waals surface area contributed by atoms with Crippen LogP contribution in [0.3, 0.4) is 0 Å². The Balaban J connectivity index is 2.72. The van der Waals surface area contributed by atoms with E-state index in [2.05, 4.69) is 15.3 Å². The summed E-state index contributed by atoms with van der Waals surface area (Å²) in [6, 6.07) is 0.842. The number of carbonyl (C=O) groups excluding carboxylic acids is 1. The van der Waals surface area contributed by atoms with Gasteiger partial charge >= 0.3 is 0 Å². The van der Waals surface area contributed by atoms with Crippen LogP contribution in [0.5, 0.6) is 0 Å². The van der Waals surface area contributed by atoms with Crippen molar-refractivity contribution in [2.45, 2.75) is 26.0 Å². The van der Waals surface area contributed by atoms with Gasteiger partial charge in [0.05, 0.1) is 18.8 Å². The third-order valence-corrected chi connectivity index (χ3v) is 2.13. The van der Waals surface area contributed by atoms with Crippen LogP contribution in [-0.4, -0.2) is 44.8 Å². The summed E-state index contributed by atoms with van der Waals surface area (Å²) in [5.74, 6) is -0.439. The smallest absolute Gasteiger partial charge is 0.270 e. The molecule has 0 radical (unpaired) electrons. The zero-order chi connectivity index (χ0) is 12.1. The maximum absolute atomic E-state index is 11.6. The maximum Gasteiger partial charge on any atom is 0.270 e. The molecule has 88 valence electrons. The van der Waals surface area contributed by atoms with E-state index < -0.39 is 18.1 Å². The average Bonchev–Trinajstić information content (AvgIpc) is 2.25. The first-order valence-electron chi connectivity index (χ1n) is 4.93. The van der Waals surface area contributed by atoms with Crippen molar-refractivity contribution in [3.8, 4) is 0 Å². The lowest BCUT2D eigenvalue weighted by Crippen LogP contribution is -2.44. The van der Waals surface area contributed by atoms with Gasteiger partial charge in [0.2, 0.25) is 0 Å². The van der Waals surface area contributed by atoms with Crippen LogP contribution in [-0.2, 0) is 0 Å². The van der Waals surface area contributed by atoms with Crippen LogP contribution in [0.1, 0.15) is 23.1 Å².